The first-order chi connectivity index (χ1) is 8.22. The molecule has 96 valence electrons. The summed E-state index contributed by atoms with van der Waals surface area (Å²) in [4.78, 5) is 22.1. The highest BCUT2D eigenvalue weighted by Gasteiger charge is 2.17. The standard InChI is InChI=1S/C11H17NO5/c1-15-11(14)3-2-4-12-10(13)7-9-8-16-5-6-17-9/h2-3,9H,4-8H2,1H3,(H,12,13)/b3-2+. The third-order valence-corrected chi connectivity index (χ3v) is 2.17. The van der Waals surface area contributed by atoms with Crippen molar-refractivity contribution in [1.29, 1.82) is 0 Å². The van der Waals surface area contributed by atoms with Gasteiger partial charge in [0, 0.05) is 12.6 Å². The van der Waals surface area contributed by atoms with Crippen molar-refractivity contribution < 1.29 is 23.8 Å². The molecule has 1 saturated heterocycles. The molecule has 1 aliphatic rings. The van der Waals surface area contributed by atoms with Crippen LogP contribution in [0, 0.1) is 0 Å². The summed E-state index contributed by atoms with van der Waals surface area (Å²) >= 11 is 0. The zero-order valence-electron chi connectivity index (χ0n) is 9.81. The van der Waals surface area contributed by atoms with Crippen LogP contribution in [0.1, 0.15) is 6.42 Å². The highest BCUT2D eigenvalue weighted by atomic mass is 16.6. The number of hydrogen-bond donors (Lipinski definition) is 1. The van der Waals surface area contributed by atoms with Gasteiger partial charge in [-0.05, 0) is 0 Å². The second-order valence-corrected chi connectivity index (χ2v) is 3.50. The summed E-state index contributed by atoms with van der Waals surface area (Å²) in [7, 11) is 1.30. The minimum absolute atomic E-state index is 0.130. The van der Waals surface area contributed by atoms with Crippen LogP contribution in [-0.4, -0.2) is 51.5 Å². The quantitative estimate of drug-likeness (QED) is 0.527. The molecular formula is C11H17NO5. The van der Waals surface area contributed by atoms with Crippen molar-refractivity contribution in [2.45, 2.75) is 12.5 Å². The molecule has 0 aliphatic carbocycles. The number of nitrogens with one attached hydrogen (secondary N) is 1. The van der Waals surface area contributed by atoms with Crippen molar-refractivity contribution in [1.82, 2.24) is 5.32 Å². The van der Waals surface area contributed by atoms with E-state index in [1.54, 1.807) is 0 Å². The normalized spacial score (nSPS) is 20.2. The molecule has 1 unspecified atom stereocenters. The van der Waals surface area contributed by atoms with Gasteiger partial charge in [0.2, 0.25) is 5.91 Å². The van der Waals surface area contributed by atoms with E-state index in [4.69, 9.17) is 9.47 Å². The average Bonchev–Trinajstić information content (AvgIpc) is 2.35. The number of carbonyl (C=O) groups excluding carboxylic acids is 2. The minimum atomic E-state index is -0.441. The van der Waals surface area contributed by atoms with Gasteiger partial charge in [0.1, 0.15) is 0 Å². The third-order valence-electron chi connectivity index (χ3n) is 2.17. The Hall–Kier alpha value is -1.40. The van der Waals surface area contributed by atoms with Crippen molar-refractivity contribution in [2.75, 3.05) is 33.5 Å². The van der Waals surface area contributed by atoms with Gasteiger partial charge in [-0.3, -0.25) is 4.79 Å². The Labute approximate surface area is 99.9 Å². The van der Waals surface area contributed by atoms with Gasteiger partial charge in [0.15, 0.2) is 0 Å². The fourth-order valence-corrected chi connectivity index (χ4v) is 1.33. The molecule has 0 bridgehead atoms. The second-order valence-electron chi connectivity index (χ2n) is 3.50. The van der Waals surface area contributed by atoms with Gasteiger partial charge in [-0.25, -0.2) is 4.79 Å². The number of carbonyl (C=O) groups is 2. The molecular weight excluding hydrogens is 226 g/mol. The summed E-state index contributed by atoms with van der Waals surface area (Å²) in [6.07, 6.45) is 2.89. The number of esters is 1. The Kier molecular flexibility index (Phi) is 6.27. The van der Waals surface area contributed by atoms with Crippen molar-refractivity contribution in [3.8, 4) is 0 Å². The van der Waals surface area contributed by atoms with Crippen molar-refractivity contribution in [3.05, 3.63) is 12.2 Å². The molecule has 6 nitrogen and oxygen atoms in total. The molecule has 0 aromatic heterocycles. The monoisotopic (exact) mass is 243 g/mol. The zero-order chi connectivity index (χ0) is 12.5. The number of methoxy groups -OCH3 is 1. The lowest BCUT2D eigenvalue weighted by molar-refractivity contribution is -0.135. The number of hydrogen-bond acceptors (Lipinski definition) is 5. The van der Waals surface area contributed by atoms with Crippen molar-refractivity contribution in [2.24, 2.45) is 0 Å². The van der Waals surface area contributed by atoms with E-state index in [9.17, 15) is 9.59 Å². The zero-order valence-corrected chi connectivity index (χ0v) is 9.81. The lowest BCUT2D eigenvalue weighted by Gasteiger charge is -2.22. The van der Waals surface area contributed by atoms with Gasteiger partial charge in [0.25, 0.3) is 0 Å². The van der Waals surface area contributed by atoms with Crippen LogP contribution in [0.3, 0.4) is 0 Å². The molecule has 1 N–H and O–H groups in total. The first kappa shape index (κ1) is 13.7. The Morgan fingerprint density at radius 2 is 2.29 bits per heavy atom. The molecule has 0 aromatic rings. The Balaban J connectivity index is 2.12. The maximum absolute atomic E-state index is 11.4. The average molecular weight is 243 g/mol. The summed E-state index contributed by atoms with van der Waals surface area (Å²) in [6, 6.07) is 0. The topological polar surface area (TPSA) is 73.9 Å². The van der Waals surface area contributed by atoms with Crippen LogP contribution >= 0.6 is 0 Å². The van der Waals surface area contributed by atoms with Gasteiger partial charge in [-0.2, -0.15) is 0 Å². The van der Waals surface area contributed by atoms with Crippen LogP contribution in [0.4, 0.5) is 0 Å². The lowest BCUT2D eigenvalue weighted by atomic mass is 10.2. The lowest BCUT2D eigenvalue weighted by Crippen LogP contribution is -2.34. The SMILES string of the molecule is COC(=O)/C=C/CNC(=O)CC1COCCO1. The third kappa shape index (κ3) is 6.03. The highest BCUT2D eigenvalue weighted by molar-refractivity contribution is 5.82. The fourth-order valence-electron chi connectivity index (χ4n) is 1.33. The van der Waals surface area contributed by atoms with Crippen LogP contribution in [0.2, 0.25) is 0 Å². The van der Waals surface area contributed by atoms with Crippen molar-refractivity contribution in [3.63, 3.8) is 0 Å². The largest absolute Gasteiger partial charge is 0.466 e. The predicted octanol–water partition coefficient (Wildman–Crippen LogP) is -0.363. The van der Waals surface area contributed by atoms with Crippen molar-refractivity contribution >= 4 is 11.9 Å². The van der Waals surface area contributed by atoms with Gasteiger partial charge >= 0.3 is 5.97 Å². The van der Waals surface area contributed by atoms with E-state index in [-0.39, 0.29) is 18.4 Å². The van der Waals surface area contributed by atoms with E-state index >= 15 is 0 Å². The summed E-state index contributed by atoms with van der Waals surface area (Å²) in [6.45, 7) is 1.85. The van der Waals surface area contributed by atoms with E-state index in [1.165, 1.54) is 19.3 Å². The molecule has 17 heavy (non-hydrogen) atoms. The van der Waals surface area contributed by atoms with Crippen LogP contribution < -0.4 is 5.32 Å². The second kappa shape index (κ2) is 7.81. The molecule has 1 aliphatic heterocycles. The molecule has 1 atom stereocenters. The summed E-state index contributed by atoms with van der Waals surface area (Å²) in [5, 5.41) is 2.64. The fraction of sp³-hybridized carbons (Fsp3) is 0.636. The number of amides is 1. The minimum Gasteiger partial charge on any atom is -0.466 e. The van der Waals surface area contributed by atoms with Crippen LogP contribution in [0.15, 0.2) is 12.2 Å². The molecule has 1 fully saturated rings. The molecule has 1 rings (SSSR count). The van der Waals surface area contributed by atoms with Gasteiger partial charge in [-0.15, -0.1) is 0 Å². The van der Waals surface area contributed by atoms with E-state index < -0.39 is 5.97 Å². The molecule has 0 saturated carbocycles. The van der Waals surface area contributed by atoms with E-state index in [0.717, 1.165) is 0 Å². The number of rotatable bonds is 5. The Morgan fingerprint density at radius 1 is 1.47 bits per heavy atom. The van der Waals surface area contributed by atoms with Crippen LogP contribution in [0.25, 0.3) is 0 Å². The molecule has 6 heteroatoms. The predicted molar refractivity (Wildman–Crippen MR) is 59.3 cm³/mol. The summed E-state index contributed by atoms with van der Waals surface area (Å²) in [5.41, 5.74) is 0. The first-order valence-corrected chi connectivity index (χ1v) is 5.43. The maximum atomic E-state index is 11.4. The van der Waals surface area contributed by atoms with Gasteiger partial charge in [0.05, 0.1) is 39.5 Å². The Morgan fingerprint density at radius 3 is 2.94 bits per heavy atom. The molecule has 0 radical (unpaired) electrons. The molecule has 1 heterocycles. The first-order valence-electron chi connectivity index (χ1n) is 5.43. The van der Waals surface area contributed by atoms with Crippen LogP contribution in [-0.2, 0) is 23.8 Å². The smallest absolute Gasteiger partial charge is 0.330 e. The van der Waals surface area contributed by atoms with Gasteiger partial charge < -0.3 is 19.5 Å². The maximum Gasteiger partial charge on any atom is 0.330 e. The van der Waals surface area contributed by atoms with E-state index in [1.807, 2.05) is 0 Å². The number of ether oxygens (including phenoxy) is 3. The molecule has 0 spiro atoms. The molecule has 1 amide bonds. The van der Waals surface area contributed by atoms with E-state index in [0.29, 0.717) is 26.4 Å². The van der Waals surface area contributed by atoms with Crippen LogP contribution in [0.5, 0.6) is 0 Å². The highest BCUT2D eigenvalue weighted by Crippen LogP contribution is 2.04. The summed E-state index contributed by atoms with van der Waals surface area (Å²) < 4.78 is 14.9. The molecule has 0 aromatic carbocycles. The van der Waals surface area contributed by atoms with E-state index in [2.05, 4.69) is 10.1 Å². The summed E-state index contributed by atoms with van der Waals surface area (Å²) in [5.74, 6) is -0.571. The Bertz CT molecular complexity index is 284. The van der Waals surface area contributed by atoms with Gasteiger partial charge in [-0.1, -0.05) is 6.08 Å².